The summed E-state index contributed by atoms with van der Waals surface area (Å²) in [6.45, 7) is 0.838. The number of carbonyl (C=O) groups excluding carboxylic acids is 1. The number of methoxy groups -OCH3 is 1. The summed E-state index contributed by atoms with van der Waals surface area (Å²) in [5, 5.41) is 6.91. The van der Waals surface area contributed by atoms with E-state index in [9.17, 15) is 4.79 Å². The van der Waals surface area contributed by atoms with Gasteiger partial charge in [0.1, 0.15) is 6.04 Å². The Hall–Kier alpha value is -2.18. The first-order chi connectivity index (χ1) is 9.69. The minimum atomic E-state index is -0.683. The number of nitrogens with zero attached hydrogens (tertiary/aromatic N) is 2. The number of rotatable bonds is 6. The third-order valence-electron chi connectivity index (χ3n) is 2.77. The van der Waals surface area contributed by atoms with Crippen LogP contribution in [0.3, 0.4) is 0 Å². The van der Waals surface area contributed by atoms with Gasteiger partial charge in [0.15, 0.2) is 0 Å². The lowest BCUT2D eigenvalue weighted by molar-refractivity contribution is -0.118. The highest BCUT2D eigenvalue weighted by molar-refractivity contribution is 5.94. The monoisotopic (exact) mass is 274 g/mol. The van der Waals surface area contributed by atoms with Crippen molar-refractivity contribution in [2.24, 2.45) is 5.73 Å². The molecule has 1 atom stereocenters. The molecule has 0 bridgehead atoms. The Morgan fingerprint density at radius 1 is 1.45 bits per heavy atom. The highest BCUT2D eigenvalue weighted by atomic mass is 16.5. The molecule has 0 radical (unpaired) electrons. The van der Waals surface area contributed by atoms with Crippen LogP contribution in [0, 0.1) is 0 Å². The number of anilines is 1. The molecule has 0 fully saturated rings. The van der Waals surface area contributed by atoms with E-state index in [4.69, 9.17) is 10.5 Å². The second-order valence-electron chi connectivity index (χ2n) is 4.46. The van der Waals surface area contributed by atoms with Gasteiger partial charge in [-0.2, -0.15) is 5.10 Å². The normalized spacial score (nSPS) is 12.1. The van der Waals surface area contributed by atoms with E-state index >= 15 is 0 Å². The molecule has 1 amide bonds. The first-order valence-electron chi connectivity index (χ1n) is 6.31. The highest BCUT2D eigenvalue weighted by Crippen LogP contribution is 2.08. The largest absolute Gasteiger partial charge is 0.383 e. The first-order valence-corrected chi connectivity index (χ1v) is 6.31. The van der Waals surface area contributed by atoms with Crippen LogP contribution >= 0.6 is 0 Å². The van der Waals surface area contributed by atoms with Crippen LogP contribution in [-0.2, 0) is 16.1 Å². The summed E-state index contributed by atoms with van der Waals surface area (Å²) in [5.41, 5.74) is 7.41. The van der Waals surface area contributed by atoms with Crippen molar-refractivity contribution in [3.63, 3.8) is 0 Å². The average Bonchev–Trinajstić information content (AvgIpc) is 2.87. The van der Waals surface area contributed by atoms with E-state index < -0.39 is 6.04 Å². The molecule has 20 heavy (non-hydrogen) atoms. The van der Waals surface area contributed by atoms with Crippen molar-refractivity contribution < 1.29 is 9.53 Å². The van der Waals surface area contributed by atoms with Gasteiger partial charge in [-0.15, -0.1) is 0 Å². The highest BCUT2D eigenvalue weighted by Gasteiger charge is 2.13. The fraction of sp³-hybridized carbons (Fsp3) is 0.286. The Morgan fingerprint density at radius 2 is 2.20 bits per heavy atom. The van der Waals surface area contributed by atoms with Gasteiger partial charge in [-0.05, 0) is 5.56 Å². The number of nitrogens with one attached hydrogen (secondary N) is 1. The van der Waals surface area contributed by atoms with E-state index in [0.29, 0.717) is 12.2 Å². The van der Waals surface area contributed by atoms with Crippen LogP contribution in [-0.4, -0.2) is 35.4 Å². The number of carbonyl (C=O) groups is 1. The summed E-state index contributed by atoms with van der Waals surface area (Å²) in [6.07, 6.45) is 3.37. The first kappa shape index (κ1) is 14.2. The Morgan fingerprint density at radius 3 is 2.90 bits per heavy atom. The lowest BCUT2D eigenvalue weighted by Gasteiger charge is -2.09. The molecule has 0 spiro atoms. The summed E-state index contributed by atoms with van der Waals surface area (Å²) in [4.78, 5) is 11.7. The molecule has 106 valence electrons. The molecule has 1 aromatic heterocycles. The molecular weight excluding hydrogens is 256 g/mol. The Labute approximate surface area is 117 Å². The van der Waals surface area contributed by atoms with E-state index in [0.717, 1.165) is 5.56 Å². The number of nitrogens with two attached hydrogens (primary N) is 1. The zero-order valence-electron chi connectivity index (χ0n) is 11.3. The van der Waals surface area contributed by atoms with Crippen LogP contribution in [0.25, 0.3) is 0 Å². The molecule has 0 aliphatic rings. The van der Waals surface area contributed by atoms with Gasteiger partial charge in [-0.3, -0.25) is 9.48 Å². The zero-order chi connectivity index (χ0) is 14.4. The second-order valence-corrected chi connectivity index (χ2v) is 4.46. The van der Waals surface area contributed by atoms with Gasteiger partial charge in [-0.25, -0.2) is 0 Å². The molecule has 2 aromatic rings. The molecule has 0 aliphatic carbocycles. The molecule has 3 N–H and O–H groups in total. The van der Waals surface area contributed by atoms with E-state index in [1.165, 1.54) is 7.11 Å². The van der Waals surface area contributed by atoms with Gasteiger partial charge >= 0.3 is 0 Å². The van der Waals surface area contributed by atoms with E-state index in [-0.39, 0.29) is 12.5 Å². The van der Waals surface area contributed by atoms with Crippen LogP contribution in [0.1, 0.15) is 5.56 Å². The summed E-state index contributed by atoms with van der Waals surface area (Å²) >= 11 is 0. The predicted octanol–water partition coefficient (Wildman–Crippen LogP) is 0.844. The Bertz CT molecular complexity index is 553. The minimum Gasteiger partial charge on any atom is -0.383 e. The smallest absolute Gasteiger partial charge is 0.243 e. The van der Waals surface area contributed by atoms with Crippen LogP contribution < -0.4 is 11.1 Å². The molecule has 0 saturated carbocycles. The van der Waals surface area contributed by atoms with Crippen molar-refractivity contribution in [2.75, 3.05) is 19.0 Å². The number of amides is 1. The standard InChI is InChI=1S/C14H18N4O2/c1-20-10-13(15)14(19)17-12-7-16-18(9-12)8-11-5-3-2-4-6-11/h2-7,9,13H,8,10,15H2,1H3,(H,17,19). The number of hydrogen-bond donors (Lipinski definition) is 2. The quantitative estimate of drug-likeness (QED) is 0.818. The molecule has 2 rings (SSSR count). The maximum atomic E-state index is 11.7. The third kappa shape index (κ3) is 3.91. The molecule has 1 unspecified atom stereocenters. The van der Waals surface area contributed by atoms with E-state index in [1.807, 2.05) is 30.3 Å². The number of hydrogen-bond acceptors (Lipinski definition) is 4. The minimum absolute atomic E-state index is 0.185. The van der Waals surface area contributed by atoms with Crippen molar-refractivity contribution in [1.29, 1.82) is 0 Å². The SMILES string of the molecule is COCC(N)C(=O)Nc1cnn(Cc2ccccc2)c1. The predicted molar refractivity (Wildman–Crippen MR) is 76.3 cm³/mol. The van der Waals surface area contributed by atoms with Crippen LogP contribution in [0.5, 0.6) is 0 Å². The van der Waals surface area contributed by atoms with E-state index in [1.54, 1.807) is 17.1 Å². The van der Waals surface area contributed by atoms with Crippen molar-refractivity contribution in [3.05, 3.63) is 48.3 Å². The lowest BCUT2D eigenvalue weighted by atomic mass is 10.2. The molecule has 6 heteroatoms. The fourth-order valence-corrected chi connectivity index (χ4v) is 1.78. The topological polar surface area (TPSA) is 82.2 Å². The number of aromatic nitrogens is 2. The van der Waals surface area contributed by atoms with E-state index in [2.05, 4.69) is 10.4 Å². The summed E-state index contributed by atoms with van der Waals surface area (Å²) in [7, 11) is 1.50. The van der Waals surface area contributed by atoms with Crippen molar-refractivity contribution in [3.8, 4) is 0 Å². The molecule has 1 aromatic carbocycles. The number of benzene rings is 1. The molecule has 0 saturated heterocycles. The van der Waals surface area contributed by atoms with Crippen LogP contribution in [0.2, 0.25) is 0 Å². The van der Waals surface area contributed by atoms with Gasteiger partial charge < -0.3 is 15.8 Å². The van der Waals surface area contributed by atoms with Crippen molar-refractivity contribution in [1.82, 2.24) is 9.78 Å². The molecular formula is C14H18N4O2. The van der Waals surface area contributed by atoms with Crippen LogP contribution in [0.4, 0.5) is 5.69 Å². The third-order valence-corrected chi connectivity index (χ3v) is 2.77. The number of ether oxygens (including phenoxy) is 1. The summed E-state index contributed by atoms with van der Waals surface area (Å²) < 4.78 is 6.60. The lowest BCUT2D eigenvalue weighted by Crippen LogP contribution is -2.39. The zero-order valence-corrected chi connectivity index (χ0v) is 11.3. The van der Waals surface area contributed by atoms with Crippen molar-refractivity contribution in [2.45, 2.75) is 12.6 Å². The van der Waals surface area contributed by atoms with Gasteiger partial charge in [0.05, 0.1) is 25.0 Å². The van der Waals surface area contributed by atoms with Gasteiger partial charge in [0.25, 0.3) is 0 Å². The van der Waals surface area contributed by atoms with Gasteiger partial charge in [0, 0.05) is 13.3 Å². The van der Waals surface area contributed by atoms with Crippen LogP contribution in [0.15, 0.2) is 42.7 Å². The maximum absolute atomic E-state index is 11.7. The van der Waals surface area contributed by atoms with Crippen molar-refractivity contribution >= 4 is 11.6 Å². The molecule has 6 nitrogen and oxygen atoms in total. The van der Waals surface area contributed by atoms with Gasteiger partial charge in [-0.1, -0.05) is 30.3 Å². The fourth-order valence-electron chi connectivity index (χ4n) is 1.78. The average molecular weight is 274 g/mol. The maximum Gasteiger partial charge on any atom is 0.243 e. The Kier molecular flexibility index (Phi) is 4.86. The second kappa shape index (κ2) is 6.83. The summed E-state index contributed by atoms with van der Waals surface area (Å²) in [6, 6.07) is 9.28. The Balaban J connectivity index is 1.94. The molecule has 0 aliphatic heterocycles. The summed E-state index contributed by atoms with van der Waals surface area (Å²) in [5.74, 6) is -0.286. The van der Waals surface area contributed by atoms with Gasteiger partial charge in [0.2, 0.25) is 5.91 Å². The molecule has 1 heterocycles.